The average molecular weight is 368 g/mol. The Morgan fingerprint density at radius 2 is 1.86 bits per heavy atom. The zero-order chi connectivity index (χ0) is 15.9. The SMILES string of the molecule is COc1ccc(CCNc2ncc(Br)c(OC)n2)cc1OC. The molecule has 0 spiro atoms. The van der Waals surface area contributed by atoms with Crippen LogP contribution in [0.1, 0.15) is 5.56 Å². The van der Waals surface area contributed by atoms with E-state index in [0.717, 1.165) is 28.0 Å². The molecule has 0 atom stereocenters. The van der Waals surface area contributed by atoms with E-state index in [1.165, 1.54) is 0 Å². The maximum atomic E-state index is 5.29. The van der Waals surface area contributed by atoms with E-state index in [1.54, 1.807) is 27.5 Å². The third-order valence-corrected chi connectivity index (χ3v) is 3.59. The van der Waals surface area contributed by atoms with Crippen molar-refractivity contribution in [1.29, 1.82) is 0 Å². The molecule has 1 heterocycles. The number of rotatable bonds is 7. The molecule has 0 aliphatic heterocycles. The molecular formula is C15H18BrN3O3. The number of methoxy groups -OCH3 is 3. The standard InChI is InChI=1S/C15H18BrN3O3/c1-20-12-5-4-10(8-13(12)21-2)6-7-17-15-18-9-11(16)14(19-15)22-3/h4-5,8-9H,6-7H2,1-3H3,(H,17,18,19). The van der Waals surface area contributed by atoms with Crippen LogP contribution in [0.4, 0.5) is 5.95 Å². The van der Waals surface area contributed by atoms with E-state index in [4.69, 9.17) is 14.2 Å². The van der Waals surface area contributed by atoms with Gasteiger partial charge in [-0.3, -0.25) is 0 Å². The van der Waals surface area contributed by atoms with E-state index < -0.39 is 0 Å². The Kier molecular flexibility index (Phi) is 5.83. The first-order chi connectivity index (χ1) is 10.7. The van der Waals surface area contributed by atoms with Gasteiger partial charge in [-0.1, -0.05) is 6.07 Å². The number of hydrogen-bond donors (Lipinski definition) is 1. The third kappa shape index (κ3) is 4.00. The van der Waals surface area contributed by atoms with Crippen molar-refractivity contribution in [2.24, 2.45) is 0 Å². The number of hydrogen-bond acceptors (Lipinski definition) is 6. The molecule has 22 heavy (non-hydrogen) atoms. The summed E-state index contributed by atoms with van der Waals surface area (Å²) in [6.45, 7) is 0.695. The Morgan fingerprint density at radius 1 is 1.09 bits per heavy atom. The lowest BCUT2D eigenvalue weighted by atomic mass is 10.1. The predicted octanol–water partition coefficient (Wildman–Crippen LogP) is 2.92. The fourth-order valence-electron chi connectivity index (χ4n) is 1.93. The van der Waals surface area contributed by atoms with Crippen LogP contribution in [0.15, 0.2) is 28.9 Å². The Morgan fingerprint density at radius 3 is 2.55 bits per heavy atom. The van der Waals surface area contributed by atoms with Gasteiger partial charge in [0.25, 0.3) is 0 Å². The number of halogens is 1. The first-order valence-corrected chi connectivity index (χ1v) is 7.48. The van der Waals surface area contributed by atoms with Crippen LogP contribution in [0.2, 0.25) is 0 Å². The Bertz CT molecular complexity index is 637. The van der Waals surface area contributed by atoms with Gasteiger partial charge >= 0.3 is 0 Å². The second-order valence-corrected chi connectivity index (χ2v) is 5.27. The van der Waals surface area contributed by atoms with Gasteiger partial charge < -0.3 is 19.5 Å². The molecule has 0 aliphatic rings. The number of benzene rings is 1. The molecule has 0 radical (unpaired) electrons. The molecule has 1 aromatic heterocycles. The molecule has 0 saturated heterocycles. The average Bonchev–Trinajstić information content (AvgIpc) is 2.56. The Balaban J connectivity index is 1.96. The first-order valence-electron chi connectivity index (χ1n) is 6.69. The molecule has 118 valence electrons. The van der Waals surface area contributed by atoms with Gasteiger partial charge in [0.15, 0.2) is 11.5 Å². The van der Waals surface area contributed by atoms with Crippen LogP contribution in [0.5, 0.6) is 17.4 Å². The summed E-state index contributed by atoms with van der Waals surface area (Å²) in [5.74, 6) is 2.48. The number of nitrogens with one attached hydrogen (secondary N) is 1. The van der Waals surface area contributed by atoms with E-state index in [0.29, 0.717) is 18.4 Å². The summed E-state index contributed by atoms with van der Waals surface area (Å²) in [6.07, 6.45) is 2.46. The van der Waals surface area contributed by atoms with Crippen molar-refractivity contribution in [3.8, 4) is 17.4 Å². The molecule has 0 unspecified atom stereocenters. The lowest BCUT2D eigenvalue weighted by molar-refractivity contribution is 0.354. The van der Waals surface area contributed by atoms with Gasteiger partial charge in [0.1, 0.15) is 0 Å². The summed E-state index contributed by atoms with van der Waals surface area (Å²) < 4.78 is 16.4. The zero-order valence-electron chi connectivity index (χ0n) is 12.7. The molecule has 0 fully saturated rings. The van der Waals surface area contributed by atoms with Crippen molar-refractivity contribution in [3.63, 3.8) is 0 Å². The monoisotopic (exact) mass is 367 g/mol. The van der Waals surface area contributed by atoms with Crippen LogP contribution in [-0.2, 0) is 6.42 Å². The van der Waals surface area contributed by atoms with Gasteiger partial charge in [-0.05, 0) is 40.0 Å². The molecule has 6 nitrogen and oxygen atoms in total. The minimum atomic E-state index is 0.503. The molecule has 1 N–H and O–H groups in total. The van der Waals surface area contributed by atoms with Gasteiger partial charge in [0.2, 0.25) is 11.8 Å². The van der Waals surface area contributed by atoms with Crippen molar-refractivity contribution in [1.82, 2.24) is 9.97 Å². The summed E-state index contributed by atoms with van der Waals surface area (Å²) in [5, 5.41) is 3.17. The van der Waals surface area contributed by atoms with Crippen LogP contribution >= 0.6 is 15.9 Å². The van der Waals surface area contributed by atoms with Gasteiger partial charge in [0.05, 0.1) is 32.0 Å². The van der Waals surface area contributed by atoms with Crippen molar-refractivity contribution in [2.45, 2.75) is 6.42 Å². The number of anilines is 1. The molecular weight excluding hydrogens is 350 g/mol. The van der Waals surface area contributed by atoms with E-state index in [9.17, 15) is 0 Å². The minimum absolute atomic E-state index is 0.503. The zero-order valence-corrected chi connectivity index (χ0v) is 14.3. The number of ether oxygens (including phenoxy) is 3. The predicted molar refractivity (Wildman–Crippen MR) is 88.0 cm³/mol. The summed E-state index contributed by atoms with van der Waals surface area (Å²) in [7, 11) is 4.82. The minimum Gasteiger partial charge on any atom is -0.493 e. The van der Waals surface area contributed by atoms with Crippen molar-refractivity contribution >= 4 is 21.9 Å². The van der Waals surface area contributed by atoms with Crippen LogP contribution < -0.4 is 19.5 Å². The van der Waals surface area contributed by atoms with Crippen LogP contribution in [0, 0.1) is 0 Å². The van der Waals surface area contributed by atoms with Gasteiger partial charge in [-0.25, -0.2) is 4.98 Å². The summed E-state index contributed by atoms with van der Waals surface area (Å²) in [6, 6.07) is 5.86. The Labute approximate surface area is 138 Å². The first kappa shape index (κ1) is 16.4. The van der Waals surface area contributed by atoms with Crippen molar-refractivity contribution < 1.29 is 14.2 Å². The van der Waals surface area contributed by atoms with Crippen LogP contribution in [-0.4, -0.2) is 37.8 Å². The van der Waals surface area contributed by atoms with Gasteiger partial charge in [-0.2, -0.15) is 4.98 Å². The van der Waals surface area contributed by atoms with E-state index in [2.05, 4.69) is 31.2 Å². The molecule has 0 saturated carbocycles. The summed E-state index contributed by atoms with van der Waals surface area (Å²) in [4.78, 5) is 8.43. The highest BCUT2D eigenvalue weighted by atomic mass is 79.9. The quantitative estimate of drug-likeness (QED) is 0.811. The van der Waals surface area contributed by atoms with E-state index in [-0.39, 0.29) is 0 Å². The highest BCUT2D eigenvalue weighted by molar-refractivity contribution is 9.10. The van der Waals surface area contributed by atoms with Crippen LogP contribution in [0.25, 0.3) is 0 Å². The molecule has 0 amide bonds. The maximum Gasteiger partial charge on any atom is 0.232 e. The molecule has 2 aromatic rings. The van der Waals surface area contributed by atoms with Gasteiger partial charge in [-0.15, -0.1) is 0 Å². The molecule has 7 heteroatoms. The lowest BCUT2D eigenvalue weighted by Crippen LogP contribution is -2.08. The van der Waals surface area contributed by atoms with Crippen molar-refractivity contribution in [3.05, 3.63) is 34.4 Å². The van der Waals surface area contributed by atoms with Gasteiger partial charge in [0, 0.05) is 6.54 Å². The molecule has 0 aliphatic carbocycles. The highest BCUT2D eigenvalue weighted by Crippen LogP contribution is 2.27. The third-order valence-electron chi connectivity index (χ3n) is 3.05. The second-order valence-electron chi connectivity index (χ2n) is 4.42. The number of nitrogens with zero attached hydrogens (tertiary/aromatic N) is 2. The van der Waals surface area contributed by atoms with Crippen molar-refractivity contribution in [2.75, 3.05) is 33.2 Å². The highest BCUT2D eigenvalue weighted by Gasteiger charge is 2.06. The van der Waals surface area contributed by atoms with E-state index in [1.807, 2.05) is 18.2 Å². The molecule has 1 aromatic carbocycles. The van der Waals surface area contributed by atoms with Crippen LogP contribution in [0.3, 0.4) is 0 Å². The largest absolute Gasteiger partial charge is 0.493 e. The maximum absolute atomic E-state index is 5.29. The summed E-state index contributed by atoms with van der Waals surface area (Å²) in [5.41, 5.74) is 1.13. The normalized spacial score (nSPS) is 10.2. The molecule has 0 bridgehead atoms. The fraction of sp³-hybridized carbons (Fsp3) is 0.333. The Hall–Kier alpha value is -2.02. The molecule has 2 rings (SSSR count). The fourth-order valence-corrected chi connectivity index (χ4v) is 2.29. The smallest absolute Gasteiger partial charge is 0.232 e. The summed E-state index contributed by atoms with van der Waals surface area (Å²) >= 11 is 3.32. The number of aromatic nitrogens is 2. The van der Waals surface area contributed by atoms with E-state index >= 15 is 0 Å². The topological polar surface area (TPSA) is 65.5 Å². The second kappa shape index (κ2) is 7.84. The lowest BCUT2D eigenvalue weighted by Gasteiger charge is -2.10.